The van der Waals surface area contributed by atoms with Gasteiger partial charge in [0, 0.05) is 24.8 Å². The van der Waals surface area contributed by atoms with Crippen molar-refractivity contribution < 1.29 is 9.59 Å². The molecule has 0 aliphatic carbocycles. The van der Waals surface area contributed by atoms with E-state index < -0.39 is 0 Å². The first-order valence-electron chi connectivity index (χ1n) is 6.28. The van der Waals surface area contributed by atoms with Gasteiger partial charge in [-0.15, -0.1) is 0 Å². The number of anilines is 1. The van der Waals surface area contributed by atoms with E-state index in [2.05, 4.69) is 20.9 Å². The lowest BCUT2D eigenvalue weighted by Crippen LogP contribution is -2.37. The Bertz CT molecular complexity index is 460. The van der Waals surface area contributed by atoms with Gasteiger partial charge in [-0.3, -0.25) is 9.59 Å². The van der Waals surface area contributed by atoms with Gasteiger partial charge < -0.3 is 16.0 Å². The van der Waals surface area contributed by atoms with Crippen molar-refractivity contribution in [3.63, 3.8) is 0 Å². The molecular weight excluding hydrogens is 244 g/mol. The maximum absolute atomic E-state index is 11.9. The fraction of sp³-hybridized carbons (Fsp3) is 0.462. The highest BCUT2D eigenvalue weighted by Crippen LogP contribution is 2.09. The number of rotatable bonds is 6. The Morgan fingerprint density at radius 1 is 1.26 bits per heavy atom. The average molecular weight is 264 g/mol. The van der Waals surface area contributed by atoms with Crippen LogP contribution in [0.15, 0.2) is 12.1 Å². The van der Waals surface area contributed by atoms with Gasteiger partial charge >= 0.3 is 0 Å². The van der Waals surface area contributed by atoms with Crippen LogP contribution in [0.2, 0.25) is 0 Å². The molecule has 3 N–H and O–H groups in total. The minimum absolute atomic E-state index is 0.0188. The van der Waals surface area contributed by atoms with E-state index >= 15 is 0 Å². The zero-order valence-electron chi connectivity index (χ0n) is 11.5. The molecule has 104 valence electrons. The van der Waals surface area contributed by atoms with Crippen LogP contribution >= 0.6 is 0 Å². The number of carbonyl (C=O) groups excluding carboxylic acids is 2. The standard InChI is InChI=1S/C13H20N4O2/c1-4-5-15-12(18)8-16-13(19)10-6-9(2)17-11(7-10)14-3/h6-7H,4-5,8H2,1-3H3,(H,14,17)(H,15,18)(H,16,19). The fourth-order valence-electron chi connectivity index (χ4n) is 1.52. The molecule has 0 spiro atoms. The second kappa shape index (κ2) is 7.35. The molecule has 6 nitrogen and oxygen atoms in total. The third kappa shape index (κ3) is 4.95. The predicted octanol–water partition coefficient (Wildman–Crippen LogP) is 0.688. The second-order valence-electron chi connectivity index (χ2n) is 4.17. The van der Waals surface area contributed by atoms with Gasteiger partial charge in [0.25, 0.3) is 5.91 Å². The van der Waals surface area contributed by atoms with Crippen LogP contribution in [-0.4, -0.2) is 36.9 Å². The van der Waals surface area contributed by atoms with E-state index in [0.29, 0.717) is 17.9 Å². The lowest BCUT2D eigenvalue weighted by Gasteiger charge is -2.08. The number of amides is 2. The maximum atomic E-state index is 11.9. The number of pyridine rings is 1. The van der Waals surface area contributed by atoms with Gasteiger partial charge in [0.05, 0.1) is 6.54 Å². The average Bonchev–Trinajstić information content (AvgIpc) is 2.41. The molecule has 2 amide bonds. The Morgan fingerprint density at radius 2 is 2.00 bits per heavy atom. The molecule has 1 aromatic rings. The summed E-state index contributed by atoms with van der Waals surface area (Å²) >= 11 is 0. The van der Waals surface area contributed by atoms with Crippen molar-refractivity contribution in [2.24, 2.45) is 0 Å². The normalized spacial score (nSPS) is 9.84. The van der Waals surface area contributed by atoms with Crippen LogP contribution in [0, 0.1) is 6.92 Å². The second-order valence-corrected chi connectivity index (χ2v) is 4.17. The zero-order valence-corrected chi connectivity index (χ0v) is 11.5. The third-order valence-electron chi connectivity index (χ3n) is 2.45. The van der Waals surface area contributed by atoms with E-state index in [-0.39, 0.29) is 18.4 Å². The highest BCUT2D eigenvalue weighted by Gasteiger charge is 2.09. The Hall–Kier alpha value is -2.11. The first-order valence-corrected chi connectivity index (χ1v) is 6.28. The molecule has 0 bridgehead atoms. The quantitative estimate of drug-likeness (QED) is 0.706. The topological polar surface area (TPSA) is 83.1 Å². The van der Waals surface area contributed by atoms with Gasteiger partial charge in [-0.2, -0.15) is 0 Å². The van der Waals surface area contributed by atoms with Gasteiger partial charge in [-0.1, -0.05) is 6.92 Å². The maximum Gasteiger partial charge on any atom is 0.251 e. The van der Waals surface area contributed by atoms with Crippen LogP contribution in [0.1, 0.15) is 29.4 Å². The van der Waals surface area contributed by atoms with Crippen molar-refractivity contribution in [2.45, 2.75) is 20.3 Å². The van der Waals surface area contributed by atoms with Crippen molar-refractivity contribution in [3.05, 3.63) is 23.4 Å². The Balaban J connectivity index is 2.58. The Kier molecular flexibility index (Phi) is 5.78. The van der Waals surface area contributed by atoms with Crippen molar-refractivity contribution >= 4 is 17.6 Å². The molecule has 1 aromatic heterocycles. The van der Waals surface area contributed by atoms with Crippen molar-refractivity contribution in [1.29, 1.82) is 0 Å². The van der Waals surface area contributed by atoms with E-state index in [4.69, 9.17) is 0 Å². The van der Waals surface area contributed by atoms with E-state index in [0.717, 1.165) is 12.1 Å². The predicted molar refractivity (Wildman–Crippen MR) is 74.2 cm³/mol. The van der Waals surface area contributed by atoms with Crippen LogP contribution < -0.4 is 16.0 Å². The van der Waals surface area contributed by atoms with Crippen LogP contribution in [-0.2, 0) is 4.79 Å². The van der Waals surface area contributed by atoms with E-state index in [9.17, 15) is 9.59 Å². The van der Waals surface area contributed by atoms with Crippen molar-refractivity contribution in [2.75, 3.05) is 25.5 Å². The number of aryl methyl sites for hydroxylation is 1. The van der Waals surface area contributed by atoms with E-state index in [1.165, 1.54) is 0 Å². The number of hydrogen-bond donors (Lipinski definition) is 3. The molecule has 0 saturated heterocycles. The SMILES string of the molecule is CCCNC(=O)CNC(=O)c1cc(C)nc(NC)c1. The Morgan fingerprint density at radius 3 is 2.63 bits per heavy atom. The lowest BCUT2D eigenvalue weighted by atomic mass is 10.2. The van der Waals surface area contributed by atoms with Gasteiger partial charge in [-0.05, 0) is 25.5 Å². The molecule has 1 heterocycles. The summed E-state index contributed by atoms with van der Waals surface area (Å²) in [6, 6.07) is 3.33. The number of hydrogen-bond acceptors (Lipinski definition) is 4. The summed E-state index contributed by atoms with van der Waals surface area (Å²) in [5.74, 6) is 0.157. The summed E-state index contributed by atoms with van der Waals surface area (Å²) in [4.78, 5) is 27.5. The summed E-state index contributed by atoms with van der Waals surface area (Å²) in [7, 11) is 1.74. The molecule has 0 fully saturated rings. The summed E-state index contributed by atoms with van der Waals surface area (Å²) in [5, 5.41) is 8.16. The first-order chi connectivity index (χ1) is 9.06. The summed E-state index contributed by atoms with van der Waals surface area (Å²) in [6.07, 6.45) is 0.870. The highest BCUT2D eigenvalue weighted by molar-refractivity contribution is 5.97. The molecule has 1 rings (SSSR count). The molecule has 0 aliphatic rings. The van der Waals surface area contributed by atoms with Crippen LogP contribution in [0.3, 0.4) is 0 Å². The van der Waals surface area contributed by atoms with Gasteiger partial charge in [-0.25, -0.2) is 4.98 Å². The number of carbonyl (C=O) groups is 2. The number of nitrogens with one attached hydrogen (secondary N) is 3. The third-order valence-corrected chi connectivity index (χ3v) is 2.45. The zero-order chi connectivity index (χ0) is 14.3. The summed E-state index contributed by atoms with van der Waals surface area (Å²) in [5.41, 5.74) is 1.23. The van der Waals surface area contributed by atoms with Gasteiger partial charge in [0.1, 0.15) is 5.82 Å². The molecule has 0 saturated carbocycles. The molecule has 0 aromatic carbocycles. The van der Waals surface area contributed by atoms with Crippen LogP contribution in [0.25, 0.3) is 0 Å². The minimum atomic E-state index is -0.284. The Labute approximate surface area is 113 Å². The molecule has 19 heavy (non-hydrogen) atoms. The largest absolute Gasteiger partial charge is 0.373 e. The summed E-state index contributed by atoms with van der Waals surface area (Å²) < 4.78 is 0. The van der Waals surface area contributed by atoms with Crippen LogP contribution in [0.4, 0.5) is 5.82 Å². The summed E-state index contributed by atoms with van der Waals surface area (Å²) in [6.45, 7) is 4.38. The monoisotopic (exact) mass is 264 g/mol. The van der Waals surface area contributed by atoms with Gasteiger partial charge in [0.2, 0.25) is 5.91 Å². The molecule has 6 heteroatoms. The van der Waals surface area contributed by atoms with E-state index in [1.54, 1.807) is 19.2 Å². The van der Waals surface area contributed by atoms with Crippen molar-refractivity contribution in [3.8, 4) is 0 Å². The molecule has 0 unspecified atom stereocenters. The van der Waals surface area contributed by atoms with Crippen molar-refractivity contribution in [1.82, 2.24) is 15.6 Å². The minimum Gasteiger partial charge on any atom is -0.373 e. The van der Waals surface area contributed by atoms with Gasteiger partial charge in [0.15, 0.2) is 0 Å². The smallest absolute Gasteiger partial charge is 0.251 e. The number of aromatic nitrogens is 1. The lowest BCUT2D eigenvalue weighted by molar-refractivity contribution is -0.120. The highest BCUT2D eigenvalue weighted by atomic mass is 16.2. The van der Waals surface area contributed by atoms with Crippen LogP contribution in [0.5, 0.6) is 0 Å². The van der Waals surface area contributed by atoms with E-state index in [1.807, 2.05) is 13.8 Å². The fourth-order valence-corrected chi connectivity index (χ4v) is 1.52. The number of nitrogens with zero attached hydrogens (tertiary/aromatic N) is 1. The molecule has 0 radical (unpaired) electrons. The molecule has 0 atom stereocenters. The first kappa shape index (κ1) is 14.9. The molecular formula is C13H20N4O2. The molecule has 0 aliphatic heterocycles.